The quantitative estimate of drug-likeness (QED) is 0.700. The van der Waals surface area contributed by atoms with E-state index in [1.54, 1.807) is 6.92 Å². The van der Waals surface area contributed by atoms with Crippen molar-refractivity contribution in [1.82, 2.24) is 5.32 Å². The minimum atomic E-state index is -0.883. The Hall–Kier alpha value is -1.23. The first-order chi connectivity index (χ1) is 7.05. The molecule has 0 aromatic carbocycles. The molecule has 0 saturated heterocycles. The Bertz CT molecular complexity index is 260. The maximum atomic E-state index is 11.5. The Morgan fingerprint density at radius 2 is 2.40 bits per heavy atom. The predicted octanol–water partition coefficient (Wildman–Crippen LogP) is 0.152. The summed E-state index contributed by atoms with van der Waals surface area (Å²) in [5.41, 5.74) is -0.883. The van der Waals surface area contributed by atoms with Crippen LogP contribution in [0.5, 0.6) is 0 Å². The lowest BCUT2D eigenvalue weighted by atomic mass is 10.0. The van der Waals surface area contributed by atoms with E-state index in [1.165, 1.54) is 6.26 Å². The summed E-state index contributed by atoms with van der Waals surface area (Å²) in [5.74, 6) is -0.198. The average Bonchev–Trinajstić information content (AvgIpc) is 2.27. The molecule has 0 bridgehead atoms. The number of rotatable bonds is 4. The molecule has 2 N–H and O–H groups in total. The molecule has 1 rings (SSSR count). The Morgan fingerprint density at radius 3 is 2.93 bits per heavy atom. The molecule has 0 spiro atoms. The zero-order chi connectivity index (χ0) is 11.3. The molecule has 0 aromatic heterocycles. The number of carbonyl (C=O) groups is 1. The summed E-state index contributed by atoms with van der Waals surface area (Å²) in [6.07, 6.45) is 1.86. The van der Waals surface area contributed by atoms with Crippen LogP contribution in [0.3, 0.4) is 0 Å². The van der Waals surface area contributed by atoms with Gasteiger partial charge >= 0.3 is 0 Å². The number of hydrogen-bond donors (Lipinski definition) is 2. The van der Waals surface area contributed by atoms with Crippen LogP contribution in [0.1, 0.15) is 20.3 Å². The molecule has 0 aromatic rings. The molecule has 1 amide bonds. The number of amides is 1. The number of ether oxygens (including phenoxy) is 2. The standard InChI is InChI=1S/C10H17NO4/c1-3-10(2,13)7-11-9(12)8-6-14-4-5-15-8/h6,13H,3-5,7H2,1-2H3,(H,11,12). The van der Waals surface area contributed by atoms with Gasteiger partial charge in [0.2, 0.25) is 5.76 Å². The van der Waals surface area contributed by atoms with Gasteiger partial charge in [-0.3, -0.25) is 4.79 Å². The van der Waals surface area contributed by atoms with E-state index in [-0.39, 0.29) is 18.2 Å². The highest BCUT2D eigenvalue weighted by molar-refractivity contribution is 5.91. The van der Waals surface area contributed by atoms with Crippen LogP contribution in [-0.4, -0.2) is 36.4 Å². The maximum Gasteiger partial charge on any atom is 0.289 e. The predicted molar refractivity (Wildman–Crippen MR) is 53.9 cm³/mol. The number of nitrogens with one attached hydrogen (secondary N) is 1. The maximum absolute atomic E-state index is 11.5. The number of carbonyl (C=O) groups excluding carboxylic acids is 1. The fourth-order valence-corrected chi connectivity index (χ4v) is 0.970. The normalized spacial score (nSPS) is 19.3. The monoisotopic (exact) mass is 215 g/mol. The zero-order valence-corrected chi connectivity index (χ0v) is 9.08. The Kier molecular flexibility index (Phi) is 3.96. The van der Waals surface area contributed by atoms with Gasteiger partial charge < -0.3 is 19.9 Å². The van der Waals surface area contributed by atoms with E-state index in [4.69, 9.17) is 9.47 Å². The van der Waals surface area contributed by atoms with E-state index in [9.17, 15) is 9.90 Å². The van der Waals surface area contributed by atoms with Crippen LogP contribution in [0.25, 0.3) is 0 Å². The van der Waals surface area contributed by atoms with Crippen molar-refractivity contribution in [1.29, 1.82) is 0 Å². The van der Waals surface area contributed by atoms with Gasteiger partial charge in [-0.15, -0.1) is 0 Å². The molecular weight excluding hydrogens is 198 g/mol. The van der Waals surface area contributed by atoms with Crippen molar-refractivity contribution in [2.45, 2.75) is 25.9 Å². The van der Waals surface area contributed by atoms with Crippen LogP contribution < -0.4 is 5.32 Å². The van der Waals surface area contributed by atoms with Crippen molar-refractivity contribution >= 4 is 5.91 Å². The Balaban J connectivity index is 2.39. The molecule has 0 saturated carbocycles. The van der Waals surface area contributed by atoms with Crippen LogP contribution in [0, 0.1) is 0 Å². The molecule has 86 valence electrons. The fraction of sp³-hybridized carbons (Fsp3) is 0.700. The average molecular weight is 215 g/mol. The second-order valence-corrected chi connectivity index (χ2v) is 3.73. The molecule has 1 heterocycles. The van der Waals surface area contributed by atoms with E-state index in [2.05, 4.69) is 5.32 Å². The van der Waals surface area contributed by atoms with Gasteiger partial charge in [-0.05, 0) is 13.3 Å². The van der Waals surface area contributed by atoms with Crippen LogP contribution in [-0.2, 0) is 14.3 Å². The second-order valence-electron chi connectivity index (χ2n) is 3.73. The van der Waals surface area contributed by atoms with Gasteiger partial charge in [0.25, 0.3) is 5.91 Å². The van der Waals surface area contributed by atoms with Gasteiger partial charge in [0.15, 0.2) is 0 Å². The van der Waals surface area contributed by atoms with E-state index >= 15 is 0 Å². The van der Waals surface area contributed by atoms with E-state index in [1.807, 2.05) is 6.92 Å². The van der Waals surface area contributed by atoms with Crippen molar-refractivity contribution < 1.29 is 19.4 Å². The second kappa shape index (κ2) is 5.02. The lowest BCUT2D eigenvalue weighted by Gasteiger charge is -2.22. The first-order valence-corrected chi connectivity index (χ1v) is 5.00. The summed E-state index contributed by atoms with van der Waals surface area (Å²) >= 11 is 0. The summed E-state index contributed by atoms with van der Waals surface area (Å²) in [5, 5.41) is 12.2. The summed E-state index contributed by atoms with van der Waals surface area (Å²) in [6, 6.07) is 0. The van der Waals surface area contributed by atoms with Gasteiger partial charge in [0.05, 0.1) is 5.60 Å². The van der Waals surface area contributed by atoms with Crippen molar-refractivity contribution in [3.8, 4) is 0 Å². The topological polar surface area (TPSA) is 67.8 Å². The smallest absolute Gasteiger partial charge is 0.289 e. The fourth-order valence-electron chi connectivity index (χ4n) is 0.970. The Morgan fingerprint density at radius 1 is 1.67 bits per heavy atom. The van der Waals surface area contributed by atoms with Crippen LogP contribution in [0.15, 0.2) is 12.0 Å². The summed E-state index contributed by atoms with van der Waals surface area (Å²) < 4.78 is 10.0. The summed E-state index contributed by atoms with van der Waals surface area (Å²) in [6.45, 7) is 4.56. The van der Waals surface area contributed by atoms with Gasteiger partial charge in [0.1, 0.15) is 19.5 Å². The lowest BCUT2D eigenvalue weighted by Crippen LogP contribution is -2.41. The van der Waals surface area contributed by atoms with Crippen LogP contribution >= 0.6 is 0 Å². The van der Waals surface area contributed by atoms with Crippen molar-refractivity contribution in [2.24, 2.45) is 0 Å². The van der Waals surface area contributed by atoms with E-state index in [0.29, 0.717) is 19.6 Å². The van der Waals surface area contributed by atoms with Crippen LogP contribution in [0.2, 0.25) is 0 Å². The third-order valence-corrected chi connectivity index (χ3v) is 2.26. The summed E-state index contributed by atoms with van der Waals surface area (Å²) in [7, 11) is 0. The van der Waals surface area contributed by atoms with Gasteiger partial charge in [-0.2, -0.15) is 0 Å². The lowest BCUT2D eigenvalue weighted by molar-refractivity contribution is -0.123. The SMILES string of the molecule is CCC(C)(O)CNC(=O)C1=COCCO1. The molecule has 1 aliphatic rings. The molecule has 5 heteroatoms. The minimum Gasteiger partial charge on any atom is -0.494 e. The first kappa shape index (κ1) is 11.8. The molecule has 0 fully saturated rings. The largest absolute Gasteiger partial charge is 0.494 e. The Labute approximate surface area is 89.1 Å². The van der Waals surface area contributed by atoms with Crippen LogP contribution in [0.4, 0.5) is 0 Å². The highest BCUT2D eigenvalue weighted by Gasteiger charge is 2.21. The van der Waals surface area contributed by atoms with Gasteiger partial charge in [-0.25, -0.2) is 0 Å². The van der Waals surface area contributed by atoms with Crippen molar-refractivity contribution in [3.05, 3.63) is 12.0 Å². The molecule has 0 radical (unpaired) electrons. The van der Waals surface area contributed by atoms with Crippen molar-refractivity contribution in [2.75, 3.05) is 19.8 Å². The van der Waals surface area contributed by atoms with Gasteiger partial charge in [-0.1, -0.05) is 6.92 Å². The molecule has 5 nitrogen and oxygen atoms in total. The highest BCUT2D eigenvalue weighted by atomic mass is 16.6. The van der Waals surface area contributed by atoms with E-state index < -0.39 is 5.60 Å². The molecule has 1 atom stereocenters. The minimum absolute atomic E-state index is 0.160. The van der Waals surface area contributed by atoms with Crippen molar-refractivity contribution in [3.63, 3.8) is 0 Å². The zero-order valence-electron chi connectivity index (χ0n) is 9.08. The molecule has 0 aliphatic carbocycles. The molecular formula is C10H17NO4. The third kappa shape index (κ3) is 3.79. The highest BCUT2D eigenvalue weighted by Crippen LogP contribution is 2.08. The number of hydrogen-bond acceptors (Lipinski definition) is 4. The third-order valence-electron chi connectivity index (χ3n) is 2.26. The molecule has 15 heavy (non-hydrogen) atoms. The first-order valence-electron chi connectivity index (χ1n) is 5.00. The molecule has 1 aliphatic heterocycles. The molecule has 1 unspecified atom stereocenters. The van der Waals surface area contributed by atoms with E-state index in [0.717, 1.165) is 0 Å². The summed E-state index contributed by atoms with van der Waals surface area (Å²) in [4.78, 5) is 11.5. The van der Waals surface area contributed by atoms with Gasteiger partial charge in [0, 0.05) is 6.54 Å². The number of aliphatic hydroxyl groups is 1.